The van der Waals surface area contributed by atoms with Crippen LogP contribution in [0.15, 0.2) is 48.7 Å². The summed E-state index contributed by atoms with van der Waals surface area (Å²) >= 11 is 0. The first-order valence-corrected chi connectivity index (χ1v) is 14.5. The molecule has 1 aromatic carbocycles. The van der Waals surface area contributed by atoms with E-state index in [1.54, 1.807) is 0 Å². The Bertz CT molecular complexity index is 1200. The van der Waals surface area contributed by atoms with Crippen molar-refractivity contribution in [1.29, 1.82) is 0 Å². The molecule has 6 nitrogen and oxygen atoms in total. The monoisotopic (exact) mass is 499 g/mol. The molecule has 0 atom stereocenters. The fraction of sp³-hybridized carbons (Fsp3) is 0.548. The van der Waals surface area contributed by atoms with E-state index in [0.29, 0.717) is 6.04 Å². The Morgan fingerprint density at radius 1 is 0.973 bits per heavy atom. The van der Waals surface area contributed by atoms with Crippen molar-refractivity contribution in [2.24, 2.45) is 5.92 Å². The molecule has 1 amide bonds. The largest absolute Gasteiger partial charge is 0.354 e. The van der Waals surface area contributed by atoms with Crippen molar-refractivity contribution in [1.82, 2.24) is 19.4 Å². The molecule has 37 heavy (non-hydrogen) atoms. The molecule has 3 aliphatic rings. The summed E-state index contributed by atoms with van der Waals surface area (Å²) in [5, 5.41) is 1.23. The maximum Gasteiger partial charge on any atom is 0.253 e. The van der Waals surface area contributed by atoms with Crippen molar-refractivity contribution in [2.75, 3.05) is 44.2 Å². The lowest BCUT2D eigenvalue weighted by atomic mass is 9.89. The highest BCUT2D eigenvalue weighted by Gasteiger charge is 2.36. The first-order valence-electron chi connectivity index (χ1n) is 14.5. The summed E-state index contributed by atoms with van der Waals surface area (Å²) in [4.78, 5) is 24.8. The summed E-state index contributed by atoms with van der Waals surface area (Å²) in [5.41, 5.74) is 3.57. The molecule has 0 N–H and O–H groups in total. The van der Waals surface area contributed by atoms with Gasteiger partial charge < -0.3 is 14.4 Å². The number of piperazine rings is 1. The van der Waals surface area contributed by atoms with Gasteiger partial charge in [-0.05, 0) is 61.6 Å². The first-order chi connectivity index (χ1) is 18.2. The molecule has 1 saturated carbocycles. The second-order valence-electron chi connectivity index (χ2n) is 11.3. The summed E-state index contributed by atoms with van der Waals surface area (Å²) in [7, 11) is 0. The lowest BCUT2D eigenvalue weighted by Gasteiger charge is -2.48. The lowest BCUT2D eigenvalue weighted by Crippen LogP contribution is -2.64. The average Bonchev–Trinajstić information content (AvgIpc) is 3.25. The number of fused-ring (bicyclic) bond motifs is 1. The molecule has 0 spiro atoms. The Kier molecular flexibility index (Phi) is 7.18. The van der Waals surface area contributed by atoms with E-state index in [9.17, 15) is 4.79 Å². The van der Waals surface area contributed by atoms with Crippen molar-refractivity contribution in [3.05, 3.63) is 59.9 Å². The maximum absolute atomic E-state index is 13.4. The van der Waals surface area contributed by atoms with E-state index in [0.717, 1.165) is 76.0 Å². The fourth-order valence-corrected chi connectivity index (χ4v) is 6.66. The highest BCUT2D eigenvalue weighted by atomic mass is 16.2. The Labute approximate surface area is 221 Å². The number of anilines is 1. The Hall–Kier alpha value is -2.86. The highest BCUT2D eigenvalue weighted by molar-refractivity contribution is 5.98. The number of hydrogen-bond acceptors (Lipinski definition) is 4. The Morgan fingerprint density at radius 2 is 1.78 bits per heavy atom. The predicted molar refractivity (Wildman–Crippen MR) is 150 cm³/mol. The van der Waals surface area contributed by atoms with Crippen LogP contribution in [0, 0.1) is 5.92 Å². The smallest absolute Gasteiger partial charge is 0.253 e. The number of rotatable bonds is 7. The lowest BCUT2D eigenvalue weighted by molar-refractivity contribution is 0.0246. The topological polar surface area (TPSA) is 44.6 Å². The number of carbonyl (C=O) groups is 1. The van der Waals surface area contributed by atoms with Crippen LogP contribution in [0.2, 0.25) is 0 Å². The molecule has 2 aliphatic heterocycles. The Balaban J connectivity index is 1.08. The van der Waals surface area contributed by atoms with Crippen molar-refractivity contribution >= 4 is 22.6 Å². The number of benzene rings is 1. The molecule has 1 aliphatic carbocycles. The second-order valence-corrected chi connectivity index (χ2v) is 11.3. The van der Waals surface area contributed by atoms with Crippen LogP contribution in [0.4, 0.5) is 5.82 Å². The van der Waals surface area contributed by atoms with Crippen LogP contribution < -0.4 is 4.90 Å². The van der Waals surface area contributed by atoms with Crippen LogP contribution in [0.5, 0.6) is 0 Å². The zero-order chi connectivity index (χ0) is 25.2. The standard InChI is InChI=1S/C31H41N5O/c1-2-8-27-20-26-19-25(12-13-29(26)36(27)21-24-9-4-3-5-10-24)31(37)35-22-28(23-35)33-15-17-34(18-16-33)30-11-6-7-14-32-30/h6-7,11-14,19-20,24,28H,2-5,8-10,15-18,21-23H2,1H3. The summed E-state index contributed by atoms with van der Waals surface area (Å²) < 4.78 is 2.56. The normalized spacial score (nSPS) is 19.9. The number of pyridine rings is 1. The van der Waals surface area contributed by atoms with Gasteiger partial charge in [-0.1, -0.05) is 38.7 Å². The number of aromatic nitrogens is 2. The zero-order valence-electron chi connectivity index (χ0n) is 22.3. The Morgan fingerprint density at radius 3 is 2.51 bits per heavy atom. The van der Waals surface area contributed by atoms with Gasteiger partial charge >= 0.3 is 0 Å². The third-order valence-electron chi connectivity index (χ3n) is 8.86. The molecule has 3 fully saturated rings. The minimum Gasteiger partial charge on any atom is -0.354 e. The first kappa shape index (κ1) is 24.5. The molecule has 6 rings (SSSR count). The maximum atomic E-state index is 13.4. The van der Waals surface area contributed by atoms with Gasteiger partial charge in [0, 0.05) is 80.2 Å². The molecule has 0 radical (unpaired) electrons. The van der Waals surface area contributed by atoms with Crippen molar-refractivity contribution in [3.63, 3.8) is 0 Å². The molecule has 4 heterocycles. The van der Waals surface area contributed by atoms with Gasteiger partial charge in [0.25, 0.3) is 5.91 Å². The van der Waals surface area contributed by atoms with E-state index in [1.807, 2.05) is 17.2 Å². The van der Waals surface area contributed by atoms with E-state index in [4.69, 9.17) is 0 Å². The molecule has 196 valence electrons. The van der Waals surface area contributed by atoms with Crippen LogP contribution in [0.1, 0.15) is 61.5 Å². The third-order valence-corrected chi connectivity index (χ3v) is 8.86. The summed E-state index contributed by atoms with van der Waals surface area (Å²) in [6.45, 7) is 9.12. The van der Waals surface area contributed by atoms with Gasteiger partial charge in [-0.25, -0.2) is 4.98 Å². The molecular weight excluding hydrogens is 458 g/mol. The van der Waals surface area contributed by atoms with Gasteiger partial charge in [-0.15, -0.1) is 0 Å². The number of aryl methyl sites for hydroxylation is 1. The van der Waals surface area contributed by atoms with E-state index in [2.05, 4.69) is 62.7 Å². The number of carbonyl (C=O) groups excluding carboxylic acids is 1. The molecule has 0 bridgehead atoms. The second kappa shape index (κ2) is 10.9. The molecule has 6 heteroatoms. The number of nitrogens with zero attached hydrogens (tertiary/aromatic N) is 5. The van der Waals surface area contributed by atoms with Gasteiger partial charge in [0.15, 0.2) is 0 Å². The van der Waals surface area contributed by atoms with E-state index in [-0.39, 0.29) is 5.91 Å². The molecule has 0 unspecified atom stereocenters. The van der Waals surface area contributed by atoms with E-state index in [1.165, 1.54) is 48.7 Å². The zero-order valence-corrected chi connectivity index (χ0v) is 22.3. The summed E-state index contributed by atoms with van der Waals surface area (Å²) in [6, 6.07) is 15.4. The van der Waals surface area contributed by atoms with Crippen molar-refractivity contribution < 1.29 is 4.79 Å². The van der Waals surface area contributed by atoms with Crippen LogP contribution in [-0.2, 0) is 13.0 Å². The molecule has 2 aromatic heterocycles. The van der Waals surface area contributed by atoms with Crippen LogP contribution in [0.3, 0.4) is 0 Å². The summed E-state index contributed by atoms with van der Waals surface area (Å²) in [5.74, 6) is 2.05. The quantitative estimate of drug-likeness (QED) is 0.447. The number of likely N-dealkylation sites (tertiary alicyclic amines) is 1. The molecular formula is C31H41N5O. The van der Waals surface area contributed by atoms with Gasteiger partial charge in [-0.2, -0.15) is 0 Å². The van der Waals surface area contributed by atoms with Crippen LogP contribution in [0.25, 0.3) is 10.9 Å². The average molecular weight is 500 g/mol. The summed E-state index contributed by atoms with van der Waals surface area (Å²) in [6.07, 6.45) is 11.0. The van der Waals surface area contributed by atoms with Crippen LogP contribution in [-0.4, -0.2) is 70.6 Å². The van der Waals surface area contributed by atoms with Crippen LogP contribution >= 0.6 is 0 Å². The van der Waals surface area contributed by atoms with Gasteiger partial charge in [0.1, 0.15) is 5.82 Å². The van der Waals surface area contributed by atoms with Gasteiger partial charge in [0.2, 0.25) is 0 Å². The van der Waals surface area contributed by atoms with Gasteiger partial charge in [0.05, 0.1) is 0 Å². The van der Waals surface area contributed by atoms with Gasteiger partial charge in [-0.3, -0.25) is 9.69 Å². The van der Waals surface area contributed by atoms with Crippen molar-refractivity contribution in [3.8, 4) is 0 Å². The number of amides is 1. The fourth-order valence-electron chi connectivity index (χ4n) is 6.66. The molecule has 3 aromatic rings. The van der Waals surface area contributed by atoms with E-state index < -0.39 is 0 Å². The van der Waals surface area contributed by atoms with E-state index >= 15 is 0 Å². The number of hydrogen-bond donors (Lipinski definition) is 0. The highest BCUT2D eigenvalue weighted by Crippen LogP contribution is 2.30. The predicted octanol–water partition coefficient (Wildman–Crippen LogP) is 5.22. The van der Waals surface area contributed by atoms with Crippen molar-refractivity contribution in [2.45, 2.75) is 64.5 Å². The molecule has 2 saturated heterocycles. The minimum absolute atomic E-state index is 0.183. The minimum atomic E-state index is 0.183. The SMILES string of the molecule is CCCc1cc2cc(C(=O)N3CC(N4CCN(c5ccccn5)CC4)C3)ccc2n1CC1CCCCC1. The third kappa shape index (κ3) is 5.13.